The molecule has 0 aliphatic carbocycles. The molecule has 2 rings (SSSR count). The summed E-state index contributed by atoms with van der Waals surface area (Å²) in [4.78, 5) is 24.1. The van der Waals surface area contributed by atoms with Crippen LogP contribution in [0.4, 0.5) is 0 Å². The number of benzene rings is 1. The number of pyridine rings is 1. The summed E-state index contributed by atoms with van der Waals surface area (Å²) in [7, 11) is 1.38. The number of rotatable bonds is 5. The molecule has 0 radical (unpaired) electrons. The summed E-state index contributed by atoms with van der Waals surface area (Å²) in [6, 6.07) is 7.75. The maximum absolute atomic E-state index is 12.2. The number of nitrogens with zero attached hydrogens (tertiary/aromatic N) is 1. The van der Waals surface area contributed by atoms with Crippen LogP contribution in [0.1, 0.15) is 16.2 Å². The first-order valence-electron chi connectivity index (χ1n) is 6.90. The van der Waals surface area contributed by atoms with Gasteiger partial charge in [0, 0.05) is 37.4 Å². The van der Waals surface area contributed by atoms with Gasteiger partial charge in [0.1, 0.15) is 11.0 Å². The van der Waals surface area contributed by atoms with Gasteiger partial charge in [-0.1, -0.05) is 17.7 Å². The Hall–Kier alpha value is -2.16. The largest absolute Gasteiger partial charge is 0.503 e. The molecule has 1 heterocycles. The second-order valence-corrected chi connectivity index (χ2v) is 6.62. The van der Waals surface area contributed by atoms with Crippen molar-refractivity contribution in [1.29, 1.82) is 0 Å². The van der Waals surface area contributed by atoms with Crippen molar-refractivity contribution in [2.24, 2.45) is 7.05 Å². The van der Waals surface area contributed by atoms with Crippen molar-refractivity contribution in [3.05, 3.63) is 57.0 Å². The number of nitrogens with one attached hydrogen (secondary N) is 2. The van der Waals surface area contributed by atoms with E-state index in [1.807, 2.05) is 0 Å². The van der Waals surface area contributed by atoms with E-state index in [4.69, 9.17) is 11.6 Å². The highest BCUT2D eigenvalue weighted by Gasteiger charge is 2.18. The lowest BCUT2D eigenvalue weighted by Gasteiger charge is -2.15. The summed E-state index contributed by atoms with van der Waals surface area (Å²) in [6.45, 7) is 0.0507. The number of hydrogen-bond acceptors (Lipinski definition) is 4. The number of carbonyl (C=O) groups is 1. The molecule has 0 saturated heterocycles. The predicted octanol–water partition coefficient (Wildman–Crippen LogP) is 0.916. The van der Waals surface area contributed by atoms with E-state index in [9.17, 15) is 18.9 Å². The van der Waals surface area contributed by atoms with E-state index in [1.54, 1.807) is 24.3 Å². The maximum atomic E-state index is 12.2. The normalized spacial score (nSPS) is 12.0. The van der Waals surface area contributed by atoms with Crippen LogP contribution in [-0.2, 0) is 24.6 Å². The zero-order valence-electron chi connectivity index (χ0n) is 13.0. The predicted molar refractivity (Wildman–Crippen MR) is 91.4 cm³/mol. The van der Waals surface area contributed by atoms with Crippen molar-refractivity contribution in [3.63, 3.8) is 0 Å². The van der Waals surface area contributed by atoms with Crippen molar-refractivity contribution >= 4 is 28.5 Å². The summed E-state index contributed by atoms with van der Waals surface area (Å²) in [5, 5.41) is 12.6. The molecule has 3 N–H and O–H groups in total. The van der Waals surface area contributed by atoms with Crippen molar-refractivity contribution in [3.8, 4) is 5.75 Å². The van der Waals surface area contributed by atoms with Crippen LogP contribution in [0, 0.1) is 0 Å². The highest BCUT2D eigenvalue weighted by atomic mass is 35.5. The molecule has 0 saturated carbocycles. The summed E-state index contributed by atoms with van der Waals surface area (Å²) >= 11 is 5.86. The third kappa shape index (κ3) is 3.84. The Morgan fingerprint density at radius 1 is 1.38 bits per heavy atom. The van der Waals surface area contributed by atoms with Gasteiger partial charge in [-0.25, -0.2) is 8.93 Å². The van der Waals surface area contributed by atoms with Crippen molar-refractivity contribution < 1.29 is 14.1 Å². The van der Waals surface area contributed by atoms with Crippen molar-refractivity contribution in [2.75, 3.05) is 7.05 Å². The lowest BCUT2D eigenvalue weighted by molar-refractivity contribution is 0.0950. The minimum Gasteiger partial charge on any atom is -0.503 e. The zero-order chi connectivity index (χ0) is 17.9. The molecule has 0 aliphatic rings. The molecule has 1 aromatic carbocycles. The van der Waals surface area contributed by atoms with Crippen LogP contribution in [0.15, 0.2) is 40.0 Å². The molecule has 1 unspecified atom stereocenters. The highest BCUT2D eigenvalue weighted by Crippen LogP contribution is 2.15. The quantitative estimate of drug-likeness (QED) is 0.729. The SMILES string of the molecule is CNC(=O)c1c(O)c(=O)cc(CNS(=O)c2cccc(Cl)c2)n1C. The van der Waals surface area contributed by atoms with Crippen LogP contribution in [0.3, 0.4) is 0 Å². The zero-order valence-corrected chi connectivity index (χ0v) is 14.6. The molecule has 2 aromatic rings. The Morgan fingerprint density at radius 3 is 2.71 bits per heavy atom. The molecule has 7 nitrogen and oxygen atoms in total. The lowest BCUT2D eigenvalue weighted by atomic mass is 10.2. The Balaban J connectivity index is 2.27. The number of aromatic nitrogens is 1. The first-order valence-corrected chi connectivity index (χ1v) is 8.42. The second-order valence-electron chi connectivity index (χ2n) is 4.88. The fourth-order valence-electron chi connectivity index (χ4n) is 2.09. The van der Waals surface area contributed by atoms with Gasteiger partial charge in [-0.15, -0.1) is 0 Å². The molecule has 0 spiro atoms. The first-order chi connectivity index (χ1) is 11.3. The number of aromatic hydroxyl groups is 1. The fourth-order valence-corrected chi connectivity index (χ4v) is 3.23. The number of halogens is 1. The Labute approximate surface area is 145 Å². The van der Waals surface area contributed by atoms with Crippen LogP contribution < -0.4 is 15.5 Å². The van der Waals surface area contributed by atoms with Crippen LogP contribution in [0.2, 0.25) is 5.02 Å². The number of carbonyl (C=O) groups excluding carboxylic acids is 1. The van der Waals surface area contributed by atoms with E-state index in [2.05, 4.69) is 10.0 Å². The van der Waals surface area contributed by atoms with Crippen LogP contribution in [0.25, 0.3) is 0 Å². The third-order valence-corrected chi connectivity index (χ3v) is 4.68. The molecule has 0 fully saturated rings. The molecule has 1 aromatic heterocycles. The fraction of sp³-hybridized carbons (Fsp3) is 0.200. The van der Waals surface area contributed by atoms with Gasteiger partial charge in [-0.3, -0.25) is 9.59 Å². The second kappa shape index (κ2) is 7.61. The minimum absolute atomic E-state index is 0.0507. The average molecular weight is 370 g/mol. The molecular weight excluding hydrogens is 354 g/mol. The van der Waals surface area contributed by atoms with Crippen LogP contribution >= 0.6 is 11.6 Å². The molecule has 9 heteroatoms. The highest BCUT2D eigenvalue weighted by molar-refractivity contribution is 7.83. The van der Waals surface area contributed by atoms with Crippen LogP contribution in [0.5, 0.6) is 5.75 Å². The molecular formula is C15H16ClN3O4S. The van der Waals surface area contributed by atoms with E-state index in [0.717, 1.165) is 0 Å². The molecule has 1 atom stereocenters. The molecule has 128 valence electrons. The molecule has 1 amide bonds. The van der Waals surface area contributed by atoms with Gasteiger partial charge in [0.25, 0.3) is 5.91 Å². The summed E-state index contributed by atoms with van der Waals surface area (Å²) < 4.78 is 16.4. The van der Waals surface area contributed by atoms with E-state index in [-0.39, 0.29) is 12.2 Å². The number of hydrogen-bond donors (Lipinski definition) is 3. The van der Waals surface area contributed by atoms with Gasteiger partial charge in [0.05, 0.1) is 4.90 Å². The summed E-state index contributed by atoms with van der Waals surface area (Å²) in [5.74, 6) is -1.22. The Morgan fingerprint density at radius 2 is 2.08 bits per heavy atom. The van der Waals surface area contributed by atoms with Crippen LogP contribution in [-0.4, -0.2) is 26.8 Å². The Bertz CT molecular complexity index is 866. The van der Waals surface area contributed by atoms with Gasteiger partial charge in [-0.2, -0.15) is 0 Å². The lowest BCUT2D eigenvalue weighted by Crippen LogP contribution is -2.28. The molecule has 0 bridgehead atoms. The topological polar surface area (TPSA) is 100 Å². The van der Waals surface area contributed by atoms with Gasteiger partial charge < -0.3 is 15.0 Å². The molecule has 0 aliphatic heterocycles. The van der Waals surface area contributed by atoms with E-state index in [1.165, 1.54) is 24.7 Å². The van der Waals surface area contributed by atoms with Gasteiger partial charge in [-0.05, 0) is 18.2 Å². The first kappa shape index (κ1) is 18.2. The third-order valence-electron chi connectivity index (χ3n) is 3.36. The van der Waals surface area contributed by atoms with Gasteiger partial charge >= 0.3 is 0 Å². The standard InChI is InChI=1S/C15H16ClN3O4S/c1-17-15(22)13-14(21)12(20)7-10(19(13)2)8-18-24(23)11-5-3-4-9(16)6-11/h3-7,18,21H,8H2,1-2H3,(H,17,22). The number of amides is 1. The van der Waals surface area contributed by atoms with E-state index >= 15 is 0 Å². The monoisotopic (exact) mass is 369 g/mol. The summed E-state index contributed by atoms with van der Waals surface area (Å²) in [5.41, 5.74) is -0.445. The van der Waals surface area contributed by atoms with Crippen molar-refractivity contribution in [1.82, 2.24) is 14.6 Å². The smallest absolute Gasteiger partial charge is 0.271 e. The van der Waals surface area contributed by atoms with Gasteiger partial charge in [0.15, 0.2) is 11.4 Å². The summed E-state index contributed by atoms with van der Waals surface area (Å²) in [6.07, 6.45) is 0. The minimum atomic E-state index is -1.55. The average Bonchev–Trinajstić information content (AvgIpc) is 2.56. The molecule has 24 heavy (non-hydrogen) atoms. The van der Waals surface area contributed by atoms with Gasteiger partial charge in [0.2, 0.25) is 5.43 Å². The van der Waals surface area contributed by atoms with E-state index < -0.39 is 28.1 Å². The Kier molecular flexibility index (Phi) is 5.76. The van der Waals surface area contributed by atoms with E-state index in [0.29, 0.717) is 15.6 Å². The van der Waals surface area contributed by atoms with Crippen molar-refractivity contribution in [2.45, 2.75) is 11.4 Å². The maximum Gasteiger partial charge on any atom is 0.271 e.